The van der Waals surface area contributed by atoms with E-state index in [0.717, 1.165) is 17.6 Å². The molecule has 0 amide bonds. The lowest BCUT2D eigenvalue weighted by molar-refractivity contribution is 0.00578. The molecule has 0 spiro atoms. The summed E-state index contributed by atoms with van der Waals surface area (Å²) in [4.78, 5) is 0. The molecule has 3 nitrogen and oxygen atoms in total. The van der Waals surface area contributed by atoms with Gasteiger partial charge in [0.25, 0.3) is 0 Å². The average Bonchev–Trinajstić information content (AvgIpc) is 2.71. The molecule has 0 saturated carbocycles. The van der Waals surface area contributed by atoms with E-state index in [1.165, 1.54) is 16.7 Å². The molecule has 1 saturated heterocycles. The summed E-state index contributed by atoms with van der Waals surface area (Å²) in [7, 11) is -0.390. The van der Waals surface area contributed by atoms with Crippen LogP contribution in [0, 0.1) is 6.92 Å². The summed E-state index contributed by atoms with van der Waals surface area (Å²) in [5.74, 6) is 0. The fourth-order valence-electron chi connectivity index (χ4n) is 2.89. The van der Waals surface area contributed by atoms with Crippen LogP contribution < -0.4 is 11.2 Å². The molecule has 3 rings (SSSR count). The van der Waals surface area contributed by atoms with Crippen molar-refractivity contribution in [2.24, 2.45) is 0 Å². The van der Waals surface area contributed by atoms with E-state index >= 15 is 0 Å². The van der Waals surface area contributed by atoms with E-state index in [9.17, 15) is 0 Å². The molecule has 0 atom stereocenters. The maximum Gasteiger partial charge on any atom is 0.495 e. The van der Waals surface area contributed by atoms with Crippen LogP contribution >= 0.6 is 0 Å². The second-order valence-electron chi connectivity index (χ2n) is 7.71. The molecule has 4 heteroatoms. The van der Waals surface area contributed by atoms with Gasteiger partial charge in [-0.1, -0.05) is 35.9 Å². The topological polar surface area (TPSA) is 44.5 Å². The SMILES string of the molecule is Cc1ccc(Cc2ccc(N)cc2B2OC(C)(C)C(C)(C)O2)cc1. The van der Waals surface area contributed by atoms with E-state index in [0.29, 0.717) is 0 Å². The highest BCUT2D eigenvalue weighted by molar-refractivity contribution is 6.62. The molecule has 2 aromatic carbocycles. The van der Waals surface area contributed by atoms with Crippen LogP contribution in [0.4, 0.5) is 5.69 Å². The molecule has 126 valence electrons. The molecule has 24 heavy (non-hydrogen) atoms. The monoisotopic (exact) mass is 323 g/mol. The van der Waals surface area contributed by atoms with Gasteiger partial charge >= 0.3 is 7.12 Å². The smallest absolute Gasteiger partial charge is 0.399 e. The van der Waals surface area contributed by atoms with Crippen molar-refractivity contribution in [2.75, 3.05) is 5.73 Å². The molecule has 0 aliphatic carbocycles. The third-order valence-corrected chi connectivity index (χ3v) is 5.19. The highest BCUT2D eigenvalue weighted by atomic mass is 16.7. The second-order valence-corrected chi connectivity index (χ2v) is 7.71. The quantitative estimate of drug-likeness (QED) is 0.695. The zero-order valence-corrected chi connectivity index (χ0v) is 15.2. The second kappa shape index (κ2) is 5.94. The minimum Gasteiger partial charge on any atom is -0.399 e. The van der Waals surface area contributed by atoms with Gasteiger partial charge in [-0.3, -0.25) is 0 Å². The largest absolute Gasteiger partial charge is 0.495 e. The highest BCUT2D eigenvalue weighted by Crippen LogP contribution is 2.36. The summed E-state index contributed by atoms with van der Waals surface area (Å²) in [6, 6.07) is 14.6. The molecule has 2 N–H and O–H groups in total. The number of hydrogen-bond acceptors (Lipinski definition) is 3. The Bertz CT molecular complexity index is 722. The van der Waals surface area contributed by atoms with Crippen molar-refractivity contribution in [2.45, 2.75) is 52.2 Å². The molecule has 1 fully saturated rings. The molecule has 1 aliphatic rings. The highest BCUT2D eigenvalue weighted by Gasteiger charge is 2.52. The van der Waals surface area contributed by atoms with E-state index in [2.05, 4.69) is 65.0 Å². The van der Waals surface area contributed by atoms with Gasteiger partial charge in [0.15, 0.2) is 0 Å². The van der Waals surface area contributed by atoms with Crippen molar-refractivity contribution in [3.8, 4) is 0 Å². The first-order valence-electron chi connectivity index (χ1n) is 8.47. The van der Waals surface area contributed by atoms with Crippen LogP contribution in [0.25, 0.3) is 0 Å². The van der Waals surface area contributed by atoms with Crippen molar-refractivity contribution >= 4 is 18.3 Å². The van der Waals surface area contributed by atoms with Crippen LogP contribution in [-0.4, -0.2) is 18.3 Å². The van der Waals surface area contributed by atoms with Crippen LogP contribution in [0.5, 0.6) is 0 Å². The number of aryl methyl sites for hydroxylation is 1. The summed E-state index contributed by atoms with van der Waals surface area (Å²) in [5.41, 5.74) is 10.8. The number of hydrogen-bond donors (Lipinski definition) is 1. The van der Waals surface area contributed by atoms with Crippen LogP contribution in [0.2, 0.25) is 0 Å². The first-order valence-corrected chi connectivity index (χ1v) is 8.47. The fourth-order valence-corrected chi connectivity index (χ4v) is 2.89. The molecule has 0 unspecified atom stereocenters. The maximum atomic E-state index is 6.22. The number of nitrogens with two attached hydrogens (primary N) is 1. The minimum absolute atomic E-state index is 0.358. The van der Waals surface area contributed by atoms with Crippen molar-refractivity contribution < 1.29 is 9.31 Å². The molecular weight excluding hydrogens is 297 g/mol. The van der Waals surface area contributed by atoms with Gasteiger partial charge in [-0.15, -0.1) is 0 Å². The van der Waals surface area contributed by atoms with E-state index in [1.54, 1.807) is 0 Å². The molecule has 0 bridgehead atoms. The lowest BCUT2D eigenvalue weighted by Gasteiger charge is -2.32. The first kappa shape index (κ1) is 17.1. The first-order chi connectivity index (χ1) is 11.2. The molecule has 0 radical (unpaired) electrons. The Kier molecular flexibility index (Phi) is 4.22. The van der Waals surface area contributed by atoms with Crippen LogP contribution in [0.15, 0.2) is 42.5 Å². The molecule has 1 heterocycles. The van der Waals surface area contributed by atoms with Crippen LogP contribution in [0.1, 0.15) is 44.4 Å². The fraction of sp³-hybridized carbons (Fsp3) is 0.400. The van der Waals surface area contributed by atoms with E-state index in [-0.39, 0.29) is 18.3 Å². The van der Waals surface area contributed by atoms with Crippen LogP contribution in [0.3, 0.4) is 0 Å². The number of rotatable bonds is 3. The van der Waals surface area contributed by atoms with E-state index < -0.39 is 0 Å². The minimum atomic E-state index is -0.390. The van der Waals surface area contributed by atoms with E-state index in [1.807, 2.05) is 12.1 Å². The summed E-state index contributed by atoms with van der Waals surface area (Å²) in [6.45, 7) is 10.4. The number of nitrogen functional groups attached to an aromatic ring is 1. The Morgan fingerprint density at radius 3 is 2.08 bits per heavy atom. The van der Waals surface area contributed by atoms with Gasteiger partial charge in [0, 0.05) is 5.69 Å². The standard InChI is InChI=1S/C20H26BNO2/c1-14-6-8-15(9-7-14)12-16-10-11-17(22)13-18(16)21-23-19(2,3)20(4,5)24-21/h6-11,13H,12,22H2,1-5H3. The van der Waals surface area contributed by atoms with Gasteiger partial charge in [0.2, 0.25) is 0 Å². The van der Waals surface area contributed by atoms with Gasteiger partial charge in [0.1, 0.15) is 0 Å². The lowest BCUT2D eigenvalue weighted by Crippen LogP contribution is -2.41. The third-order valence-electron chi connectivity index (χ3n) is 5.19. The zero-order valence-electron chi connectivity index (χ0n) is 15.2. The third kappa shape index (κ3) is 3.21. The molecule has 2 aromatic rings. The Hall–Kier alpha value is -1.78. The average molecular weight is 323 g/mol. The van der Waals surface area contributed by atoms with E-state index in [4.69, 9.17) is 15.0 Å². The van der Waals surface area contributed by atoms with Gasteiger partial charge in [-0.25, -0.2) is 0 Å². The summed E-state index contributed by atoms with van der Waals surface area (Å²) >= 11 is 0. The predicted molar refractivity (Wildman–Crippen MR) is 101 cm³/mol. The normalized spacial score (nSPS) is 18.8. The Morgan fingerprint density at radius 1 is 0.917 bits per heavy atom. The number of anilines is 1. The lowest BCUT2D eigenvalue weighted by atomic mass is 9.74. The predicted octanol–water partition coefficient (Wildman–Crippen LogP) is 3.47. The van der Waals surface area contributed by atoms with Gasteiger partial charge in [0.05, 0.1) is 11.2 Å². The van der Waals surface area contributed by atoms with Crippen molar-refractivity contribution in [3.05, 3.63) is 59.2 Å². The molecule has 0 aromatic heterocycles. The van der Waals surface area contributed by atoms with Crippen molar-refractivity contribution in [1.82, 2.24) is 0 Å². The van der Waals surface area contributed by atoms with Gasteiger partial charge in [-0.05, 0) is 69.8 Å². The van der Waals surface area contributed by atoms with Gasteiger partial charge < -0.3 is 15.0 Å². The number of benzene rings is 2. The Morgan fingerprint density at radius 2 is 1.50 bits per heavy atom. The summed E-state index contributed by atoms with van der Waals surface area (Å²) in [5, 5.41) is 0. The van der Waals surface area contributed by atoms with Crippen molar-refractivity contribution in [3.63, 3.8) is 0 Å². The summed E-state index contributed by atoms with van der Waals surface area (Å²) < 4.78 is 12.4. The molecular formula is C20H26BNO2. The van der Waals surface area contributed by atoms with Crippen molar-refractivity contribution in [1.29, 1.82) is 0 Å². The molecule has 1 aliphatic heterocycles. The zero-order chi connectivity index (χ0) is 17.5. The van der Waals surface area contributed by atoms with Crippen LogP contribution in [-0.2, 0) is 15.7 Å². The summed E-state index contributed by atoms with van der Waals surface area (Å²) in [6.07, 6.45) is 0.833. The Balaban J connectivity index is 1.93. The Labute approximate surface area is 145 Å². The van der Waals surface area contributed by atoms with Gasteiger partial charge in [-0.2, -0.15) is 0 Å². The maximum absolute atomic E-state index is 6.22.